The van der Waals surface area contributed by atoms with E-state index in [1.54, 1.807) is 0 Å². The molecule has 172 valence electrons. The molecule has 3 rings (SSSR count). The highest BCUT2D eigenvalue weighted by atomic mass is 16.5. The maximum absolute atomic E-state index is 12.8. The predicted octanol–water partition coefficient (Wildman–Crippen LogP) is 2.53. The van der Waals surface area contributed by atoms with E-state index in [0.29, 0.717) is 36.4 Å². The van der Waals surface area contributed by atoms with Crippen molar-refractivity contribution in [3.05, 3.63) is 24.3 Å². The number of piperazine rings is 1. The van der Waals surface area contributed by atoms with Crippen LogP contribution in [-0.2, 0) is 9.59 Å². The molecule has 2 amide bonds. The molecular formula is C24H38N4O3. The Morgan fingerprint density at radius 1 is 1.10 bits per heavy atom. The largest absolute Gasteiger partial charge is 0.492 e. The molecule has 0 aromatic heterocycles. The first-order chi connectivity index (χ1) is 14.9. The van der Waals surface area contributed by atoms with Crippen molar-refractivity contribution in [2.45, 2.75) is 40.2 Å². The van der Waals surface area contributed by atoms with E-state index < -0.39 is 0 Å². The number of likely N-dealkylation sites (tertiary alicyclic amines) is 1. The minimum Gasteiger partial charge on any atom is -0.492 e. The number of amides is 2. The standard InChI is InChI=1S/C24H38N4O3/c1-5-31-22-9-7-6-8-21(22)25-24(30)20(4)27-12-10-26(11-13-27)17-23(29)28-15-18(2)14-19(3)16-28/h6-9,18-20H,5,10-17H2,1-4H3,(H,25,30). The number of hydrogen-bond acceptors (Lipinski definition) is 5. The molecule has 2 heterocycles. The Kier molecular flexibility index (Phi) is 8.32. The number of nitrogens with zero attached hydrogens (tertiary/aromatic N) is 3. The first-order valence-corrected chi connectivity index (χ1v) is 11.6. The molecule has 3 unspecified atom stereocenters. The van der Waals surface area contributed by atoms with Crippen LogP contribution in [0.1, 0.15) is 34.1 Å². The Balaban J connectivity index is 1.46. The number of ether oxygens (including phenoxy) is 1. The average molecular weight is 431 g/mol. The monoisotopic (exact) mass is 430 g/mol. The second-order valence-corrected chi connectivity index (χ2v) is 9.15. The molecule has 2 aliphatic heterocycles. The fraction of sp³-hybridized carbons (Fsp3) is 0.667. The van der Waals surface area contributed by atoms with Crippen molar-refractivity contribution in [1.82, 2.24) is 14.7 Å². The van der Waals surface area contributed by atoms with Crippen LogP contribution >= 0.6 is 0 Å². The minimum absolute atomic E-state index is 0.0343. The molecule has 0 bridgehead atoms. The molecule has 1 N–H and O–H groups in total. The lowest BCUT2D eigenvalue weighted by Gasteiger charge is -2.39. The molecule has 2 saturated heterocycles. The highest BCUT2D eigenvalue weighted by Crippen LogP contribution is 2.24. The van der Waals surface area contributed by atoms with Gasteiger partial charge in [-0.15, -0.1) is 0 Å². The highest BCUT2D eigenvalue weighted by molar-refractivity contribution is 5.95. The van der Waals surface area contributed by atoms with E-state index in [1.807, 2.05) is 43.0 Å². The Morgan fingerprint density at radius 2 is 1.74 bits per heavy atom. The van der Waals surface area contributed by atoms with Crippen molar-refractivity contribution in [2.24, 2.45) is 11.8 Å². The summed E-state index contributed by atoms with van der Waals surface area (Å²) in [4.78, 5) is 32.0. The van der Waals surface area contributed by atoms with Gasteiger partial charge in [-0.3, -0.25) is 19.4 Å². The molecule has 7 nitrogen and oxygen atoms in total. The van der Waals surface area contributed by atoms with Crippen LogP contribution in [0.2, 0.25) is 0 Å². The van der Waals surface area contributed by atoms with Crippen LogP contribution in [0.3, 0.4) is 0 Å². The summed E-state index contributed by atoms with van der Waals surface area (Å²) >= 11 is 0. The number of piperidine rings is 1. The molecule has 0 aliphatic carbocycles. The van der Waals surface area contributed by atoms with Gasteiger partial charge in [0.15, 0.2) is 0 Å². The Morgan fingerprint density at radius 3 is 2.39 bits per heavy atom. The second kappa shape index (κ2) is 11.0. The number of carbonyl (C=O) groups excluding carboxylic acids is 2. The summed E-state index contributed by atoms with van der Waals surface area (Å²) in [5, 5.41) is 3.01. The van der Waals surface area contributed by atoms with Gasteiger partial charge in [0.05, 0.1) is 24.9 Å². The van der Waals surface area contributed by atoms with Crippen LogP contribution < -0.4 is 10.1 Å². The molecule has 7 heteroatoms. The fourth-order valence-electron chi connectivity index (χ4n) is 4.72. The molecule has 2 aliphatic rings. The Labute approximate surface area is 186 Å². The quantitative estimate of drug-likeness (QED) is 0.720. The fourth-order valence-corrected chi connectivity index (χ4v) is 4.72. The smallest absolute Gasteiger partial charge is 0.241 e. The lowest BCUT2D eigenvalue weighted by Crippen LogP contribution is -2.55. The van der Waals surface area contributed by atoms with E-state index in [9.17, 15) is 9.59 Å². The van der Waals surface area contributed by atoms with E-state index in [1.165, 1.54) is 6.42 Å². The lowest BCUT2D eigenvalue weighted by molar-refractivity contribution is -0.136. The zero-order chi connectivity index (χ0) is 22.4. The van der Waals surface area contributed by atoms with Crippen molar-refractivity contribution < 1.29 is 14.3 Å². The third kappa shape index (κ3) is 6.43. The van der Waals surface area contributed by atoms with E-state index >= 15 is 0 Å². The van der Waals surface area contributed by atoms with Gasteiger partial charge in [0, 0.05) is 39.3 Å². The van der Waals surface area contributed by atoms with Gasteiger partial charge in [-0.05, 0) is 44.2 Å². The van der Waals surface area contributed by atoms with E-state index in [0.717, 1.165) is 39.3 Å². The van der Waals surface area contributed by atoms with Gasteiger partial charge in [0.1, 0.15) is 5.75 Å². The zero-order valence-corrected chi connectivity index (χ0v) is 19.5. The number of hydrogen-bond donors (Lipinski definition) is 1. The summed E-state index contributed by atoms with van der Waals surface area (Å²) in [6.45, 7) is 14.3. The van der Waals surface area contributed by atoms with E-state index in [4.69, 9.17) is 4.74 Å². The maximum atomic E-state index is 12.8. The molecular weight excluding hydrogens is 392 g/mol. The van der Waals surface area contributed by atoms with Gasteiger partial charge in [-0.1, -0.05) is 26.0 Å². The first kappa shape index (κ1) is 23.5. The molecule has 1 aromatic carbocycles. The molecule has 0 radical (unpaired) electrons. The molecule has 2 fully saturated rings. The number of carbonyl (C=O) groups is 2. The number of rotatable bonds is 7. The minimum atomic E-state index is -0.240. The summed E-state index contributed by atoms with van der Waals surface area (Å²) in [5.74, 6) is 2.06. The van der Waals surface area contributed by atoms with Gasteiger partial charge in [0.2, 0.25) is 11.8 Å². The van der Waals surface area contributed by atoms with Crippen LogP contribution in [0.25, 0.3) is 0 Å². The molecule has 0 spiro atoms. The van der Waals surface area contributed by atoms with Crippen LogP contribution in [-0.4, -0.2) is 85.0 Å². The number of para-hydroxylation sites is 2. The average Bonchev–Trinajstić information content (AvgIpc) is 2.74. The highest BCUT2D eigenvalue weighted by Gasteiger charge is 2.29. The Hall–Kier alpha value is -2.12. The van der Waals surface area contributed by atoms with E-state index in [2.05, 4.69) is 29.0 Å². The van der Waals surface area contributed by atoms with Gasteiger partial charge in [-0.25, -0.2) is 0 Å². The first-order valence-electron chi connectivity index (χ1n) is 11.6. The van der Waals surface area contributed by atoms with Crippen LogP contribution in [0, 0.1) is 11.8 Å². The summed E-state index contributed by atoms with van der Waals surface area (Å²) in [6, 6.07) is 7.28. The van der Waals surface area contributed by atoms with Crippen molar-refractivity contribution in [3.8, 4) is 5.75 Å². The van der Waals surface area contributed by atoms with Crippen molar-refractivity contribution in [1.29, 1.82) is 0 Å². The summed E-state index contributed by atoms with van der Waals surface area (Å²) in [7, 11) is 0. The van der Waals surface area contributed by atoms with Gasteiger partial charge >= 0.3 is 0 Å². The lowest BCUT2D eigenvalue weighted by atomic mass is 9.92. The van der Waals surface area contributed by atoms with Crippen LogP contribution in [0.5, 0.6) is 5.75 Å². The molecule has 1 aromatic rings. The summed E-state index contributed by atoms with van der Waals surface area (Å²) < 4.78 is 5.61. The molecule has 3 atom stereocenters. The third-order valence-corrected chi connectivity index (χ3v) is 6.36. The second-order valence-electron chi connectivity index (χ2n) is 9.15. The SMILES string of the molecule is CCOc1ccccc1NC(=O)C(C)N1CCN(CC(=O)N2CC(C)CC(C)C2)CC1. The summed E-state index contributed by atoms with van der Waals surface area (Å²) in [6.07, 6.45) is 1.21. The maximum Gasteiger partial charge on any atom is 0.241 e. The number of nitrogens with one attached hydrogen (secondary N) is 1. The topological polar surface area (TPSA) is 65.1 Å². The van der Waals surface area contributed by atoms with Crippen molar-refractivity contribution >= 4 is 17.5 Å². The van der Waals surface area contributed by atoms with Crippen LogP contribution in [0.15, 0.2) is 24.3 Å². The third-order valence-electron chi connectivity index (χ3n) is 6.36. The van der Waals surface area contributed by atoms with Gasteiger partial charge in [0.25, 0.3) is 0 Å². The van der Waals surface area contributed by atoms with Crippen LogP contribution in [0.4, 0.5) is 5.69 Å². The molecule has 0 saturated carbocycles. The van der Waals surface area contributed by atoms with E-state index in [-0.39, 0.29) is 17.9 Å². The number of benzene rings is 1. The molecule has 31 heavy (non-hydrogen) atoms. The van der Waals surface area contributed by atoms with Crippen molar-refractivity contribution in [2.75, 3.05) is 57.7 Å². The summed E-state index contributed by atoms with van der Waals surface area (Å²) in [5.41, 5.74) is 0.704. The zero-order valence-electron chi connectivity index (χ0n) is 19.5. The normalized spacial score (nSPS) is 23.9. The van der Waals surface area contributed by atoms with Gasteiger partial charge < -0.3 is 15.0 Å². The van der Waals surface area contributed by atoms with Gasteiger partial charge in [-0.2, -0.15) is 0 Å². The van der Waals surface area contributed by atoms with Crippen molar-refractivity contribution in [3.63, 3.8) is 0 Å². The Bertz CT molecular complexity index is 738. The predicted molar refractivity (Wildman–Crippen MR) is 123 cm³/mol. The number of anilines is 1.